The van der Waals surface area contributed by atoms with Gasteiger partial charge in [-0.15, -0.1) is 0 Å². The summed E-state index contributed by atoms with van der Waals surface area (Å²) in [6.07, 6.45) is 0. The summed E-state index contributed by atoms with van der Waals surface area (Å²) in [5.41, 5.74) is 5.68. The second kappa shape index (κ2) is 7.55. The highest BCUT2D eigenvalue weighted by Gasteiger charge is 2.43. The lowest BCUT2D eigenvalue weighted by atomic mass is 10.00. The quantitative estimate of drug-likeness (QED) is 0.624. The minimum absolute atomic E-state index is 0.529. The first kappa shape index (κ1) is 17.6. The van der Waals surface area contributed by atoms with Crippen molar-refractivity contribution in [2.75, 3.05) is 19.8 Å². The first-order chi connectivity index (χ1) is 9.42. The van der Waals surface area contributed by atoms with Gasteiger partial charge in [0.05, 0.1) is 0 Å². The Balaban J connectivity index is 3.06. The maximum absolute atomic E-state index is 5.98. The predicted molar refractivity (Wildman–Crippen MR) is 85.7 cm³/mol. The first-order valence-electron chi connectivity index (χ1n) is 7.71. The van der Waals surface area contributed by atoms with Crippen LogP contribution in [-0.2, 0) is 13.3 Å². The summed E-state index contributed by atoms with van der Waals surface area (Å²) in [6, 6.07) is 0.794. The molecule has 0 amide bonds. The Bertz CT molecular complexity index is 382. The van der Waals surface area contributed by atoms with Crippen molar-refractivity contribution in [3.63, 3.8) is 0 Å². The van der Waals surface area contributed by atoms with Gasteiger partial charge in [-0.05, 0) is 58.6 Å². The Labute approximate surface area is 125 Å². The van der Waals surface area contributed by atoms with E-state index in [1.54, 1.807) is 0 Å². The zero-order chi connectivity index (χ0) is 15.3. The molecule has 1 aliphatic carbocycles. The fourth-order valence-electron chi connectivity index (χ4n) is 2.87. The topological polar surface area (TPSA) is 27.7 Å². The minimum atomic E-state index is -2.60. The van der Waals surface area contributed by atoms with Crippen LogP contribution in [0.1, 0.15) is 48.5 Å². The molecule has 116 valence electrons. The maximum atomic E-state index is 5.98. The molecule has 0 aromatic heterocycles. The summed E-state index contributed by atoms with van der Waals surface area (Å²) in [5.74, 6) is 0.529. The molecule has 1 atom stereocenters. The molecule has 1 rings (SSSR count). The summed E-state index contributed by atoms with van der Waals surface area (Å²) in [7, 11) is -2.60. The molecule has 1 unspecified atom stereocenters. The van der Waals surface area contributed by atoms with E-state index in [-0.39, 0.29) is 0 Å². The van der Waals surface area contributed by atoms with Crippen LogP contribution in [0.4, 0.5) is 0 Å². The molecule has 0 spiro atoms. The van der Waals surface area contributed by atoms with Crippen LogP contribution in [0.25, 0.3) is 0 Å². The third-order valence-corrected chi connectivity index (χ3v) is 7.28. The summed E-state index contributed by atoms with van der Waals surface area (Å²) >= 11 is 0. The highest BCUT2D eigenvalue weighted by molar-refractivity contribution is 6.61. The second-order valence-corrected chi connectivity index (χ2v) is 7.94. The van der Waals surface area contributed by atoms with Crippen molar-refractivity contribution in [1.82, 2.24) is 0 Å². The van der Waals surface area contributed by atoms with E-state index in [2.05, 4.69) is 27.7 Å². The minimum Gasteiger partial charge on any atom is -0.374 e. The Kier molecular flexibility index (Phi) is 6.65. The molecule has 0 fully saturated rings. The smallest absolute Gasteiger partial charge is 0.374 e. The Hall–Kier alpha value is -0.423. The molecule has 0 bridgehead atoms. The second-order valence-electron chi connectivity index (χ2n) is 5.35. The summed E-state index contributed by atoms with van der Waals surface area (Å²) in [5, 5.41) is 0. The number of hydrogen-bond donors (Lipinski definition) is 0. The van der Waals surface area contributed by atoms with E-state index in [0.717, 1.165) is 6.04 Å². The lowest BCUT2D eigenvalue weighted by Gasteiger charge is -2.29. The van der Waals surface area contributed by atoms with Crippen LogP contribution in [0, 0.1) is 5.92 Å². The molecule has 0 heterocycles. The Morgan fingerprint density at radius 1 is 0.850 bits per heavy atom. The van der Waals surface area contributed by atoms with Crippen LogP contribution in [0.2, 0.25) is 6.04 Å². The Morgan fingerprint density at radius 3 is 1.60 bits per heavy atom. The van der Waals surface area contributed by atoms with Crippen LogP contribution in [-0.4, -0.2) is 28.6 Å². The summed E-state index contributed by atoms with van der Waals surface area (Å²) in [6.45, 7) is 16.9. The molecule has 0 aromatic carbocycles. The fraction of sp³-hybridized carbons (Fsp3) is 0.750. The lowest BCUT2D eigenvalue weighted by molar-refractivity contribution is 0.0737. The van der Waals surface area contributed by atoms with Gasteiger partial charge in [0.1, 0.15) is 0 Å². The average molecular weight is 298 g/mol. The van der Waals surface area contributed by atoms with Crippen LogP contribution < -0.4 is 0 Å². The van der Waals surface area contributed by atoms with E-state index >= 15 is 0 Å². The molecular weight excluding hydrogens is 268 g/mol. The first-order valence-corrected chi connectivity index (χ1v) is 9.64. The normalized spacial score (nSPS) is 20.2. The molecule has 1 aliphatic rings. The van der Waals surface area contributed by atoms with E-state index in [1.165, 1.54) is 22.3 Å². The number of allylic oxidation sites excluding steroid dienone is 4. The number of rotatable bonds is 8. The average Bonchev–Trinajstić information content (AvgIpc) is 2.58. The van der Waals surface area contributed by atoms with Crippen molar-refractivity contribution in [1.29, 1.82) is 0 Å². The fourth-order valence-corrected chi connectivity index (χ4v) is 5.72. The molecule has 20 heavy (non-hydrogen) atoms. The lowest BCUT2D eigenvalue weighted by Crippen LogP contribution is -2.46. The zero-order valence-corrected chi connectivity index (χ0v) is 15.1. The van der Waals surface area contributed by atoms with Gasteiger partial charge in [0, 0.05) is 25.9 Å². The van der Waals surface area contributed by atoms with E-state index in [1.807, 2.05) is 20.8 Å². The molecule has 0 aliphatic heterocycles. The summed E-state index contributed by atoms with van der Waals surface area (Å²) < 4.78 is 17.9. The van der Waals surface area contributed by atoms with Gasteiger partial charge in [-0.3, -0.25) is 0 Å². The third-order valence-electron chi connectivity index (χ3n) is 4.31. The zero-order valence-electron chi connectivity index (χ0n) is 14.1. The van der Waals surface area contributed by atoms with Gasteiger partial charge in [0.25, 0.3) is 0 Å². The largest absolute Gasteiger partial charge is 0.505 e. The number of hydrogen-bond acceptors (Lipinski definition) is 3. The highest BCUT2D eigenvalue weighted by Crippen LogP contribution is 2.40. The van der Waals surface area contributed by atoms with Crippen LogP contribution in [0.3, 0.4) is 0 Å². The van der Waals surface area contributed by atoms with Crippen molar-refractivity contribution in [2.24, 2.45) is 5.92 Å². The maximum Gasteiger partial charge on any atom is 0.505 e. The molecule has 0 saturated carbocycles. The molecule has 4 heteroatoms. The SMILES string of the molecule is CCO[Si](CC1=C(C)C(C)C(C)=C1C)(OCC)OCC. The third kappa shape index (κ3) is 3.61. The Morgan fingerprint density at radius 2 is 1.30 bits per heavy atom. The van der Waals surface area contributed by atoms with Crippen molar-refractivity contribution < 1.29 is 13.3 Å². The van der Waals surface area contributed by atoms with Gasteiger partial charge in [-0.1, -0.05) is 18.1 Å². The predicted octanol–water partition coefficient (Wildman–Crippen LogP) is 4.34. The molecule has 0 saturated heterocycles. The van der Waals surface area contributed by atoms with Crippen molar-refractivity contribution in [3.05, 3.63) is 22.3 Å². The van der Waals surface area contributed by atoms with E-state index in [4.69, 9.17) is 13.3 Å². The van der Waals surface area contributed by atoms with Crippen LogP contribution in [0.5, 0.6) is 0 Å². The van der Waals surface area contributed by atoms with Gasteiger partial charge in [-0.25, -0.2) is 0 Å². The van der Waals surface area contributed by atoms with Crippen molar-refractivity contribution in [2.45, 2.75) is 54.5 Å². The van der Waals surface area contributed by atoms with Gasteiger partial charge >= 0.3 is 8.80 Å². The van der Waals surface area contributed by atoms with E-state index < -0.39 is 8.80 Å². The standard InChI is InChI=1S/C16H30O3Si/c1-8-17-20(18-9-2,19-10-3)11-16-14(6)12(4)13(5)15(16)7/h12H,8-11H2,1-7H3. The highest BCUT2D eigenvalue weighted by atomic mass is 28.4. The van der Waals surface area contributed by atoms with Crippen LogP contribution in [0.15, 0.2) is 22.3 Å². The molecule has 0 aromatic rings. The monoisotopic (exact) mass is 298 g/mol. The summed E-state index contributed by atoms with van der Waals surface area (Å²) in [4.78, 5) is 0. The molecular formula is C16H30O3Si. The van der Waals surface area contributed by atoms with E-state index in [9.17, 15) is 0 Å². The molecule has 0 radical (unpaired) electrons. The van der Waals surface area contributed by atoms with Crippen molar-refractivity contribution >= 4 is 8.80 Å². The van der Waals surface area contributed by atoms with Crippen molar-refractivity contribution in [3.8, 4) is 0 Å². The van der Waals surface area contributed by atoms with Gasteiger partial charge in [0.2, 0.25) is 0 Å². The molecule has 0 N–H and O–H groups in total. The van der Waals surface area contributed by atoms with Gasteiger partial charge in [0.15, 0.2) is 0 Å². The van der Waals surface area contributed by atoms with Gasteiger partial charge in [-0.2, -0.15) is 0 Å². The van der Waals surface area contributed by atoms with Gasteiger partial charge < -0.3 is 13.3 Å². The van der Waals surface area contributed by atoms with Crippen LogP contribution >= 0.6 is 0 Å². The van der Waals surface area contributed by atoms with E-state index in [0.29, 0.717) is 25.7 Å². The molecule has 3 nitrogen and oxygen atoms in total.